The summed E-state index contributed by atoms with van der Waals surface area (Å²) in [4.78, 5) is 16.6. The lowest BCUT2D eigenvalue weighted by Crippen LogP contribution is -2.38. The minimum Gasteiger partial charge on any atom is -0.295 e. The van der Waals surface area contributed by atoms with Gasteiger partial charge in [-0.2, -0.15) is 0 Å². The lowest BCUT2D eigenvalue weighted by Gasteiger charge is -2.46. The Kier molecular flexibility index (Phi) is 5.36. The standard InChI is InChI=1S/C28H39NO/c1-7-20-16-23-24(27(6,9-3)13-12-26(23,5)8-2)17-22(20)28(14-15-28)25-11-10-21(18-29-25)19(4)30/h16-18H,7-15H2,1-6H3. The van der Waals surface area contributed by atoms with Gasteiger partial charge in [-0.15, -0.1) is 0 Å². The number of ketones is 1. The number of Topliss-reactive ketones (excluding diaryl/α,β-unsaturated/α-hetero) is 1. The van der Waals surface area contributed by atoms with Crippen molar-refractivity contribution in [1.29, 1.82) is 0 Å². The molecular weight excluding hydrogens is 366 g/mol. The van der Waals surface area contributed by atoms with Crippen LogP contribution in [0, 0.1) is 0 Å². The van der Waals surface area contributed by atoms with Crippen molar-refractivity contribution in [2.75, 3.05) is 0 Å². The first-order chi connectivity index (χ1) is 14.2. The molecule has 2 atom stereocenters. The predicted molar refractivity (Wildman–Crippen MR) is 127 cm³/mol. The molecule has 1 aliphatic heterocycles. The molecule has 2 heteroatoms. The van der Waals surface area contributed by atoms with Crippen LogP contribution < -0.4 is 0 Å². The van der Waals surface area contributed by atoms with Gasteiger partial charge in [-0.3, -0.25) is 9.79 Å². The highest BCUT2D eigenvalue weighted by Crippen LogP contribution is 2.56. The molecule has 0 radical (unpaired) electrons. The smallest absolute Gasteiger partial charge is 0.157 e. The van der Waals surface area contributed by atoms with Gasteiger partial charge in [0, 0.05) is 22.9 Å². The van der Waals surface area contributed by atoms with Gasteiger partial charge in [0.2, 0.25) is 0 Å². The van der Waals surface area contributed by atoms with E-state index in [1.54, 1.807) is 23.6 Å². The molecule has 3 aliphatic rings. The van der Waals surface area contributed by atoms with Gasteiger partial charge in [0.25, 0.3) is 0 Å². The minimum atomic E-state index is 0.119. The minimum absolute atomic E-state index is 0.119. The highest BCUT2D eigenvalue weighted by Gasteiger charge is 2.51. The Morgan fingerprint density at radius 3 is 1.93 bits per heavy atom. The monoisotopic (exact) mass is 405 g/mol. The second kappa shape index (κ2) is 7.46. The van der Waals surface area contributed by atoms with Crippen LogP contribution in [0.5, 0.6) is 0 Å². The largest absolute Gasteiger partial charge is 0.295 e. The van der Waals surface area contributed by atoms with E-state index in [0.717, 1.165) is 24.8 Å². The number of carbonyl (C=O) groups excluding carboxylic acids is 1. The van der Waals surface area contributed by atoms with Crippen LogP contribution in [-0.2, 0) is 27.5 Å². The van der Waals surface area contributed by atoms with Crippen molar-refractivity contribution in [2.45, 2.75) is 116 Å². The summed E-state index contributed by atoms with van der Waals surface area (Å²) in [6.45, 7) is 13.6. The van der Waals surface area contributed by atoms with E-state index in [4.69, 9.17) is 4.99 Å². The molecule has 0 N–H and O–H groups in total. The fourth-order valence-electron chi connectivity index (χ4n) is 5.94. The lowest BCUT2D eigenvalue weighted by molar-refractivity contribution is -0.113. The molecule has 1 aromatic rings. The van der Waals surface area contributed by atoms with E-state index in [0.29, 0.717) is 5.41 Å². The molecule has 2 nitrogen and oxygen atoms in total. The van der Waals surface area contributed by atoms with Crippen LogP contribution in [-0.4, -0.2) is 11.5 Å². The van der Waals surface area contributed by atoms with E-state index < -0.39 is 0 Å². The summed E-state index contributed by atoms with van der Waals surface area (Å²) in [6, 6.07) is 5.20. The quantitative estimate of drug-likeness (QED) is 0.495. The van der Waals surface area contributed by atoms with Crippen LogP contribution in [0.15, 0.2) is 28.9 Å². The first-order valence-corrected chi connectivity index (χ1v) is 12.2. The van der Waals surface area contributed by atoms with E-state index in [1.807, 2.05) is 6.20 Å². The number of hydrogen-bond donors (Lipinski definition) is 0. The maximum absolute atomic E-state index is 11.8. The van der Waals surface area contributed by atoms with Crippen molar-refractivity contribution >= 4 is 11.5 Å². The van der Waals surface area contributed by atoms with Crippen molar-refractivity contribution in [3.05, 3.63) is 46.2 Å². The van der Waals surface area contributed by atoms with Crippen molar-refractivity contribution in [3.8, 4) is 0 Å². The molecule has 162 valence electrons. The van der Waals surface area contributed by atoms with Crippen LogP contribution in [0.2, 0.25) is 0 Å². The third kappa shape index (κ3) is 3.22. The average Bonchev–Trinajstić information content (AvgIpc) is 3.58. The second-order valence-corrected chi connectivity index (χ2v) is 10.6. The maximum atomic E-state index is 11.8. The van der Waals surface area contributed by atoms with Crippen molar-refractivity contribution < 1.29 is 4.79 Å². The molecule has 1 heterocycles. The summed E-state index contributed by atoms with van der Waals surface area (Å²) >= 11 is 0. The topological polar surface area (TPSA) is 29.4 Å². The number of allylic oxidation sites excluding steroid dienone is 1. The first-order valence-electron chi connectivity index (χ1n) is 12.2. The molecular formula is C28H39NO. The Morgan fingerprint density at radius 1 is 0.900 bits per heavy atom. The Labute approximate surface area is 183 Å². The number of hydrogen-bond acceptors (Lipinski definition) is 2. The van der Waals surface area contributed by atoms with E-state index in [-0.39, 0.29) is 16.6 Å². The predicted octanol–water partition coefficient (Wildman–Crippen LogP) is 7.12. The van der Waals surface area contributed by atoms with Gasteiger partial charge in [-0.25, -0.2) is 0 Å². The highest BCUT2D eigenvalue weighted by atomic mass is 16.1. The summed E-state index contributed by atoms with van der Waals surface area (Å²) in [7, 11) is 0. The van der Waals surface area contributed by atoms with Gasteiger partial charge >= 0.3 is 0 Å². The van der Waals surface area contributed by atoms with Crippen molar-refractivity contribution in [1.82, 2.24) is 0 Å². The molecule has 1 saturated carbocycles. The molecule has 2 unspecified atom stereocenters. The molecule has 0 bridgehead atoms. The zero-order chi connectivity index (χ0) is 21.7. The van der Waals surface area contributed by atoms with Gasteiger partial charge in [0.15, 0.2) is 5.78 Å². The average molecular weight is 406 g/mol. The van der Waals surface area contributed by atoms with Crippen LogP contribution in [0.3, 0.4) is 0 Å². The molecule has 2 aliphatic carbocycles. The Hall–Kier alpha value is -1.70. The molecule has 4 rings (SSSR count). The summed E-state index contributed by atoms with van der Waals surface area (Å²) in [6.07, 6.45) is 12.1. The molecule has 0 spiro atoms. The van der Waals surface area contributed by atoms with Crippen molar-refractivity contribution in [3.63, 3.8) is 0 Å². The van der Waals surface area contributed by atoms with Crippen LogP contribution >= 0.6 is 0 Å². The zero-order valence-electron chi connectivity index (χ0n) is 20.0. The first kappa shape index (κ1) is 21.5. The zero-order valence-corrected chi connectivity index (χ0v) is 20.0. The number of fused-ring (bicyclic) bond motifs is 1. The van der Waals surface area contributed by atoms with Gasteiger partial charge in [-0.1, -0.05) is 46.8 Å². The third-order valence-corrected chi connectivity index (χ3v) is 8.99. The Balaban J connectivity index is 1.86. The SMILES string of the molecule is CCc1cc2c(cc1C1(C3=NC=C(C(C)=O)CC3)CC1)C(C)(CC)CCC2(C)CC. The van der Waals surface area contributed by atoms with Crippen LogP contribution in [0.25, 0.3) is 0 Å². The van der Waals surface area contributed by atoms with Gasteiger partial charge in [0.05, 0.1) is 0 Å². The van der Waals surface area contributed by atoms with E-state index in [2.05, 4.69) is 46.8 Å². The van der Waals surface area contributed by atoms with E-state index in [1.165, 1.54) is 49.8 Å². The number of rotatable bonds is 6. The molecule has 1 aromatic carbocycles. The second-order valence-electron chi connectivity index (χ2n) is 10.6. The van der Waals surface area contributed by atoms with Gasteiger partial charge in [-0.05, 0) is 97.8 Å². The number of aliphatic imine (C=N–C) groups is 1. The third-order valence-electron chi connectivity index (χ3n) is 8.99. The number of nitrogens with zero attached hydrogens (tertiary/aromatic N) is 1. The van der Waals surface area contributed by atoms with Crippen LogP contribution in [0.1, 0.15) is 115 Å². The van der Waals surface area contributed by atoms with E-state index >= 15 is 0 Å². The van der Waals surface area contributed by atoms with Crippen molar-refractivity contribution in [2.24, 2.45) is 4.99 Å². The Bertz CT molecular complexity index is 932. The maximum Gasteiger partial charge on any atom is 0.157 e. The fraction of sp³-hybridized carbons (Fsp3) is 0.643. The normalized spacial score (nSPS) is 29.7. The lowest BCUT2D eigenvalue weighted by atomic mass is 9.59. The molecule has 0 aromatic heterocycles. The van der Waals surface area contributed by atoms with Gasteiger partial charge < -0.3 is 0 Å². The number of aryl methyl sites for hydroxylation is 1. The molecule has 0 saturated heterocycles. The summed E-state index contributed by atoms with van der Waals surface area (Å²) in [5.74, 6) is 0.170. The van der Waals surface area contributed by atoms with E-state index in [9.17, 15) is 4.79 Å². The molecule has 1 fully saturated rings. The van der Waals surface area contributed by atoms with Gasteiger partial charge in [0.1, 0.15) is 0 Å². The summed E-state index contributed by atoms with van der Waals surface area (Å²) in [5.41, 5.74) is 9.17. The number of carbonyl (C=O) groups is 1. The number of benzene rings is 1. The van der Waals surface area contributed by atoms with Crippen LogP contribution in [0.4, 0.5) is 0 Å². The Morgan fingerprint density at radius 2 is 1.50 bits per heavy atom. The summed E-state index contributed by atoms with van der Waals surface area (Å²) in [5, 5.41) is 0. The molecule has 30 heavy (non-hydrogen) atoms. The molecule has 0 amide bonds. The fourth-order valence-corrected chi connectivity index (χ4v) is 5.94. The highest BCUT2D eigenvalue weighted by molar-refractivity contribution is 6.02. The summed E-state index contributed by atoms with van der Waals surface area (Å²) < 4.78 is 0.